The molecule has 3 rings (SSSR count). The van der Waals surface area contributed by atoms with Crippen LogP contribution in [0.1, 0.15) is 5.56 Å². The Morgan fingerprint density at radius 3 is 2.42 bits per heavy atom. The molecule has 1 amide bonds. The number of hydrogen-bond acceptors (Lipinski definition) is 5. The maximum absolute atomic E-state index is 13.0. The zero-order valence-corrected chi connectivity index (χ0v) is 17.7. The Kier molecular flexibility index (Phi) is 6.76. The van der Waals surface area contributed by atoms with E-state index in [2.05, 4.69) is 10.0 Å². The van der Waals surface area contributed by atoms with Gasteiger partial charge in [-0.25, -0.2) is 12.8 Å². The minimum absolute atomic E-state index is 0.0162. The molecule has 0 spiro atoms. The van der Waals surface area contributed by atoms with Crippen LogP contribution in [0.25, 0.3) is 0 Å². The number of halogens is 1. The summed E-state index contributed by atoms with van der Waals surface area (Å²) in [5.41, 5.74) is 1.35. The van der Waals surface area contributed by atoms with Crippen molar-refractivity contribution in [3.05, 3.63) is 78.1 Å². The number of carbonyl (C=O) groups excluding carboxylic acids is 1. The molecular formula is C22H21FN2O5S. The van der Waals surface area contributed by atoms with Crippen LogP contribution in [-0.2, 0) is 14.8 Å². The lowest BCUT2D eigenvalue weighted by Crippen LogP contribution is -2.20. The number of methoxy groups -OCH3 is 1. The number of hydrogen-bond donors (Lipinski definition) is 2. The second-order valence-corrected chi connectivity index (χ2v) is 8.29. The summed E-state index contributed by atoms with van der Waals surface area (Å²) in [5, 5.41) is 2.70. The number of amides is 1. The predicted octanol–water partition coefficient (Wildman–Crippen LogP) is 3.96. The highest BCUT2D eigenvalue weighted by atomic mass is 32.2. The van der Waals surface area contributed by atoms with Crippen molar-refractivity contribution in [3.8, 4) is 11.5 Å². The molecule has 0 atom stereocenters. The Balaban J connectivity index is 1.63. The normalized spacial score (nSPS) is 10.9. The van der Waals surface area contributed by atoms with E-state index < -0.39 is 15.8 Å². The van der Waals surface area contributed by atoms with Gasteiger partial charge in [-0.2, -0.15) is 0 Å². The maximum Gasteiger partial charge on any atom is 0.262 e. The van der Waals surface area contributed by atoms with Crippen LogP contribution in [0.3, 0.4) is 0 Å². The molecule has 3 aromatic rings. The summed E-state index contributed by atoms with van der Waals surface area (Å²) < 4.78 is 51.1. The average Bonchev–Trinajstić information content (AvgIpc) is 2.74. The van der Waals surface area contributed by atoms with Gasteiger partial charge < -0.3 is 14.8 Å². The van der Waals surface area contributed by atoms with Crippen molar-refractivity contribution < 1.29 is 27.1 Å². The summed E-state index contributed by atoms with van der Waals surface area (Å²) in [7, 11) is -2.33. The quantitative estimate of drug-likeness (QED) is 0.549. The highest BCUT2D eigenvalue weighted by Gasteiger charge is 2.16. The van der Waals surface area contributed by atoms with Gasteiger partial charge in [0.1, 0.15) is 17.3 Å². The molecular weight excluding hydrogens is 423 g/mol. The number of nitrogens with one attached hydrogen (secondary N) is 2. The number of aryl methyl sites for hydroxylation is 1. The summed E-state index contributed by atoms with van der Waals surface area (Å²) in [6.07, 6.45) is 0. The zero-order chi connectivity index (χ0) is 22.4. The Labute approximate surface area is 179 Å². The molecule has 0 aliphatic carbocycles. The van der Waals surface area contributed by atoms with Crippen molar-refractivity contribution in [1.82, 2.24) is 0 Å². The van der Waals surface area contributed by atoms with E-state index in [1.807, 2.05) is 0 Å². The zero-order valence-electron chi connectivity index (χ0n) is 16.9. The van der Waals surface area contributed by atoms with E-state index in [0.29, 0.717) is 22.7 Å². The number of benzene rings is 3. The number of carbonyl (C=O) groups is 1. The summed E-state index contributed by atoms with van der Waals surface area (Å²) in [6, 6.07) is 16.2. The van der Waals surface area contributed by atoms with Gasteiger partial charge in [0.25, 0.3) is 15.9 Å². The van der Waals surface area contributed by atoms with E-state index in [0.717, 1.165) is 12.1 Å². The third kappa shape index (κ3) is 5.95. The largest absolute Gasteiger partial charge is 0.497 e. The van der Waals surface area contributed by atoms with E-state index in [4.69, 9.17) is 9.47 Å². The van der Waals surface area contributed by atoms with Gasteiger partial charge in [-0.15, -0.1) is 0 Å². The molecule has 0 saturated heterocycles. The third-order valence-corrected chi connectivity index (χ3v) is 5.64. The second-order valence-electron chi connectivity index (χ2n) is 6.61. The van der Waals surface area contributed by atoms with Crippen LogP contribution in [0.2, 0.25) is 0 Å². The molecule has 0 saturated carbocycles. The molecule has 0 aromatic heterocycles. The minimum atomic E-state index is -3.86. The molecule has 9 heteroatoms. The van der Waals surface area contributed by atoms with Crippen molar-refractivity contribution in [2.75, 3.05) is 23.8 Å². The van der Waals surface area contributed by atoms with E-state index >= 15 is 0 Å². The molecule has 0 fully saturated rings. The molecule has 0 aliphatic heterocycles. The number of rotatable bonds is 8. The molecule has 0 bridgehead atoms. The van der Waals surface area contributed by atoms with Crippen LogP contribution in [0, 0.1) is 12.7 Å². The Morgan fingerprint density at radius 2 is 1.74 bits per heavy atom. The fraction of sp³-hybridized carbons (Fsp3) is 0.136. The van der Waals surface area contributed by atoms with Crippen molar-refractivity contribution >= 4 is 27.3 Å². The van der Waals surface area contributed by atoms with Gasteiger partial charge in [0.2, 0.25) is 0 Å². The second kappa shape index (κ2) is 9.48. The van der Waals surface area contributed by atoms with Gasteiger partial charge in [-0.1, -0.05) is 6.07 Å². The van der Waals surface area contributed by atoms with Crippen LogP contribution in [-0.4, -0.2) is 28.0 Å². The third-order valence-electron chi connectivity index (χ3n) is 4.27. The van der Waals surface area contributed by atoms with Crippen LogP contribution in [0.5, 0.6) is 11.5 Å². The van der Waals surface area contributed by atoms with Gasteiger partial charge in [0.15, 0.2) is 6.61 Å². The van der Waals surface area contributed by atoms with Crippen LogP contribution < -0.4 is 19.5 Å². The Bertz CT molecular complexity index is 1180. The fourth-order valence-corrected chi connectivity index (χ4v) is 3.87. The van der Waals surface area contributed by atoms with Crippen LogP contribution in [0.4, 0.5) is 15.8 Å². The molecule has 0 aliphatic rings. The Hall–Kier alpha value is -3.59. The van der Waals surface area contributed by atoms with Gasteiger partial charge in [0.05, 0.1) is 12.0 Å². The molecule has 3 aromatic carbocycles. The molecule has 2 N–H and O–H groups in total. The Morgan fingerprint density at radius 1 is 1.00 bits per heavy atom. The van der Waals surface area contributed by atoms with E-state index in [-0.39, 0.29) is 23.1 Å². The first-order valence-corrected chi connectivity index (χ1v) is 10.7. The molecule has 0 radical (unpaired) electrons. The lowest BCUT2D eigenvalue weighted by molar-refractivity contribution is -0.118. The number of sulfonamides is 1. The number of anilines is 2. The first-order chi connectivity index (χ1) is 14.8. The van der Waals surface area contributed by atoms with Crippen molar-refractivity contribution in [2.24, 2.45) is 0 Å². The summed E-state index contributed by atoms with van der Waals surface area (Å²) >= 11 is 0. The molecule has 0 unspecified atom stereocenters. The van der Waals surface area contributed by atoms with Crippen molar-refractivity contribution in [3.63, 3.8) is 0 Å². The smallest absolute Gasteiger partial charge is 0.262 e. The highest BCUT2D eigenvalue weighted by Crippen LogP contribution is 2.24. The average molecular weight is 444 g/mol. The first-order valence-electron chi connectivity index (χ1n) is 9.22. The standard InChI is InChI=1S/C22H21FN2O5S/c1-15-12-20(31(27,28)25-17-8-6-16(23)7-9-17)10-11-21(15)30-14-22(26)24-18-4-3-5-19(13-18)29-2/h3-13,25H,14H2,1-2H3,(H,24,26). The van der Waals surface area contributed by atoms with Gasteiger partial charge in [0, 0.05) is 17.4 Å². The minimum Gasteiger partial charge on any atom is -0.497 e. The van der Waals surface area contributed by atoms with Crippen molar-refractivity contribution in [1.29, 1.82) is 0 Å². The predicted molar refractivity (Wildman–Crippen MR) is 116 cm³/mol. The van der Waals surface area contributed by atoms with Gasteiger partial charge in [-0.3, -0.25) is 9.52 Å². The monoisotopic (exact) mass is 444 g/mol. The fourth-order valence-electron chi connectivity index (χ4n) is 2.72. The molecule has 31 heavy (non-hydrogen) atoms. The van der Waals surface area contributed by atoms with E-state index in [1.54, 1.807) is 31.2 Å². The van der Waals surface area contributed by atoms with Gasteiger partial charge in [-0.05, 0) is 67.1 Å². The van der Waals surface area contributed by atoms with Crippen molar-refractivity contribution in [2.45, 2.75) is 11.8 Å². The summed E-state index contributed by atoms with van der Waals surface area (Å²) in [5.74, 6) is 0.153. The van der Waals surface area contributed by atoms with E-state index in [1.165, 1.54) is 37.4 Å². The molecule has 7 nitrogen and oxygen atoms in total. The van der Waals surface area contributed by atoms with E-state index in [9.17, 15) is 17.6 Å². The topological polar surface area (TPSA) is 93.7 Å². The summed E-state index contributed by atoms with van der Waals surface area (Å²) in [4.78, 5) is 12.2. The first kappa shape index (κ1) is 22.1. The molecule has 162 valence electrons. The number of ether oxygens (including phenoxy) is 2. The van der Waals surface area contributed by atoms with Gasteiger partial charge >= 0.3 is 0 Å². The molecule has 0 heterocycles. The lowest BCUT2D eigenvalue weighted by atomic mass is 10.2. The van der Waals surface area contributed by atoms with Crippen LogP contribution >= 0.6 is 0 Å². The SMILES string of the molecule is COc1cccc(NC(=O)COc2ccc(S(=O)(=O)Nc3ccc(F)cc3)cc2C)c1. The maximum atomic E-state index is 13.0. The summed E-state index contributed by atoms with van der Waals surface area (Å²) in [6.45, 7) is 1.42. The van der Waals surface area contributed by atoms with Crippen LogP contribution in [0.15, 0.2) is 71.6 Å². The lowest BCUT2D eigenvalue weighted by Gasteiger charge is -2.12. The highest BCUT2D eigenvalue weighted by molar-refractivity contribution is 7.92.